The molecule has 0 aliphatic carbocycles. The average Bonchev–Trinajstić information content (AvgIpc) is 3.13. The van der Waals surface area contributed by atoms with Crippen LogP contribution in [0.25, 0.3) is 11.6 Å². The molecule has 0 spiro atoms. The Balaban J connectivity index is 2.10. The van der Waals surface area contributed by atoms with Gasteiger partial charge in [-0.25, -0.2) is 0 Å². The van der Waals surface area contributed by atoms with Crippen LogP contribution in [-0.4, -0.2) is 31.7 Å². The third-order valence-electron chi connectivity index (χ3n) is 3.51. The fraction of sp³-hybridized carbons (Fsp3) is 0.167. The minimum Gasteiger partial charge on any atom is -0.495 e. The van der Waals surface area contributed by atoms with Crippen molar-refractivity contribution in [2.75, 3.05) is 26.1 Å². The smallest absolute Gasteiger partial charge is 0.256 e. The zero-order valence-corrected chi connectivity index (χ0v) is 12.9. The maximum absolute atomic E-state index is 12.3. The van der Waals surface area contributed by atoms with Crippen LogP contribution in [0.15, 0.2) is 30.5 Å². The Morgan fingerprint density at radius 1 is 1.26 bits per heavy atom. The molecule has 0 radical (unpaired) electrons. The molecule has 5 nitrogen and oxygen atoms in total. The minimum atomic E-state index is -0.155. The van der Waals surface area contributed by atoms with Crippen molar-refractivity contribution >= 4 is 23.2 Å². The predicted octanol–water partition coefficient (Wildman–Crippen LogP) is 2.51. The first-order chi connectivity index (χ1) is 11.2. The quantitative estimate of drug-likeness (QED) is 0.676. The highest BCUT2D eigenvalue weighted by Crippen LogP contribution is 2.36. The van der Waals surface area contributed by atoms with Gasteiger partial charge in [-0.15, -0.1) is 0 Å². The number of aromatic nitrogens is 1. The van der Waals surface area contributed by atoms with Gasteiger partial charge in [0.1, 0.15) is 12.4 Å². The van der Waals surface area contributed by atoms with Gasteiger partial charge in [-0.05, 0) is 24.3 Å². The van der Waals surface area contributed by atoms with Crippen LogP contribution in [0.2, 0.25) is 0 Å². The Bertz CT molecular complexity index is 837. The first-order valence-electron chi connectivity index (χ1n) is 7.10. The molecule has 116 valence electrons. The number of benzene rings is 1. The van der Waals surface area contributed by atoms with Crippen molar-refractivity contribution < 1.29 is 14.3 Å². The van der Waals surface area contributed by atoms with Gasteiger partial charge in [0.25, 0.3) is 5.91 Å². The number of hydrogen-bond acceptors (Lipinski definition) is 3. The third-order valence-corrected chi connectivity index (χ3v) is 3.51. The highest BCUT2D eigenvalue weighted by atomic mass is 16.5. The molecule has 1 aromatic carbocycles. The van der Waals surface area contributed by atoms with Crippen molar-refractivity contribution in [1.82, 2.24) is 4.98 Å². The molecule has 1 amide bonds. The van der Waals surface area contributed by atoms with E-state index >= 15 is 0 Å². The van der Waals surface area contributed by atoms with E-state index < -0.39 is 0 Å². The molecular weight excluding hydrogens is 292 g/mol. The molecule has 0 atom stereocenters. The number of methoxy groups -OCH3 is 2. The van der Waals surface area contributed by atoms with Crippen molar-refractivity contribution in [2.45, 2.75) is 0 Å². The van der Waals surface area contributed by atoms with Crippen LogP contribution in [0.1, 0.15) is 16.8 Å². The number of aromatic amines is 1. The van der Waals surface area contributed by atoms with Crippen LogP contribution >= 0.6 is 0 Å². The first-order valence-corrected chi connectivity index (χ1v) is 7.10. The fourth-order valence-corrected chi connectivity index (χ4v) is 2.50. The van der Waals surface area contributed by atoms with E-state index in [2.05, 4.69) is 22.1 Å². The normalized spacial score (nSPS) is 14.2. The van der Waals surface area contributed by atoms with Gasteiger partial charge in [0.2, 0.25) is 0 Å². The molecule has 1 aromatic heterocycles. The van der Waals surface area contributed by atoms with Gasteiger partial charge in [0.05, 0.1) is 24.1 Å². The number of carbonyl (C=O) groups is 1. The molecule has 2 heterocycles. The zero-order chi connectivity index (χ0) is 16.2. The van der Waals surface area contributed by atoms with E-state index in [1.165, 1.54) is 0 Å². The van der Waals surface area contributed by atoms with Gasteiger partial charge in [0, 0.05) is 24.4 Å². The summed E-state index contributed by atoms with van der Waals surface area (Å²) >= 11 is 0. The molecule has 1 aliphatic heterocycles. The highest BCUT2D eigenvalue weighted by molar-refractivity contribution is 6.35. The number of H-pyrrole nitrogens is 1. The van der Waals surface area contributed by atoms with Crippen molar-refractivity contribution in [3.63, 3.8) is 0 Å². The lowest BCUT2D eigenvalue weighted by molar-refractivity contribution is -0.110. The Labute approximate surface area is 134 Å². The summed E-state index contributed by atoms with van der Waals surface area (Å²) in [6.45, 7) is 0.342. The molecule has 2 N–H and O–H groups in total. The molecule has 23 heavy (non-hydrogen) atoms. The summed E-state index contributed by atoms with van der Waals surface area (Å²) in [5, 5.41) is 2.87. The monoisotopic (exact) mass is 308 g/mol. The Morgan fingerprint density at radius 2 is 2.13 bits per heavy atom. The van der Waals surface area contributed by atoms with Crippen LogP contribution < -0.4 is 10.1 Å². The molecule has 0 bridgehead atoms. The Kier molecular flexibility index (Phi) is 4.18. The molecule has 2 aromatic rings. The van der Waals surface area contributed by atoms with E-state index in [0.717, 1.165) is 22.5 Å². The molecule has 3 rings (SSSR count). The second-order valence-corrected chi connectivity index (χ2v) is 4.93. The summed E-state index contributed by atoms with van der Waals surface area (Å²) < 4.78 is 10.2. The van der Waals surface area contributed by atoms with E-state index in [4.69, 9.17) is 9.47 Å². The predicted molar refractivity (Wildman–Crippen MR) is 89.0 cm³/mol. The lowest BCUT2D eigenvalue weighted by atomic mass is 10.00. The van der Waals surface area contributed by atoms with Crippen LogP contribution in [-0.2, 0) is 9.53 Å². The summed E-state index contributed by atoms with van der Waals surface area (Å²) in [5.74, 6) is 6.51. The molecule has 0 unspecified atom stereocenters. The van der Waals surface area contributed by atoms with Crippen molar-refractivity contribution in [2.24, 2.45) is 0 Å². The molecule has 1 aliphatic rings. The number of hydrogen-bond donors (Lipinski definition) is 2. The minimum absolute atomic E-state index is 0.155. The first kappa shape index (κ1) is 14.9. The third kappa shape index (κ3) is 2.85. The summed E-state index contributed by atoms with van der Waals surface area (Å²) in [4.78, 5) is 15.4. The fourth-order valence-electron chi connectivity index (χ4n) is 2.50. The van der Waals surface area contributed by atoms with E-state index in [-0.39, 0.29) is 5.91 Å². The molecule has 0 saturated carbocycles. The van der Waals surface area contributed by atoms with Gasteiger partial charge >= 0.3 is 0 Å². The van der Waals surface area contributed by atoms with Crippen molar-refractivity contribution in [1.29, 1.82) is 0 Å². The van der Waals surface area contributed by atoms with E-state index in [1.54, 1.807) is 26.5 Å². The molecule has 0 fully saturated rings. The standard InChI is InChI=1S/C18H16N2O3/c1-22-10-4-6-12-5-3-7-14-17(12)13(18(21)20-14)11-15-16(23-2)8-9-19-15/h3,5,7-9,11,19H,10H2,1-2H3,(H,20,21)/b13-11-. The summed E-state index contributed by atoms with van der Waals surface area (Å²) in [6, 6.07) is 7.43. The average molecular weight is 308 g/mol. The van der Waals surface area contributed by atoms with Crippen LogP contribution in [0.3, 0.4) is 0 Å². The van der Waals surface area contributed by atoms with Gasteiger partial charge < -0.3 is 19.8 Å². The number of ether oxygens (including phenoxy) is 2. The lowest BCUT2D eigenvalue weighted by Crippen LogP contribution is -2.03. The van der Waals surface area contributed by atoms with Crippen LogP contribution in [0.4, 0.5) is 5.69 Å². The second-order valence-electron chi connectivity index (χ2n) is 4.93. The lowest BCUT2D eigenvalue weighted by Gasteiger charge is -2.03. The van der Waals surface area contributed by atoms with Crippen molar-refractivity contribution in [3.8, 4) is 17.6 Å². The van der Waals surface area contributed by atoms with E-state index in [1.807, 2.05) is 24.3 Å². The number of fused-ring (bicyclic) bond motifs is 1. The summed E-state index contributed by atoms with van der Waals surface area (Å²) in [6.07, 6.45) is 3.55. The van der Waals surface area contributed by atoms with Gasteiger partial charge in [-0.3, -0.25) is 4.79 Å². The van der Waals surface area contributed by atoms with E-state index in [9.17, 15) is 4.79 Å². The Hall–Kier alpha value is -2.97. The Morgan fingerprint density at radius 3 is 2.91 bits per heavy atom. The zero-order valence-electron chi connectivity index (χ0n) is 12.9. The van der Waals surface area contributed by atoms with E-state index in [0.29, 0.717) is 17.9 Å². The summed E-state index contributed by atoms with van der Waals surface area (Å²) in [7, 11) is 3.19. The number of rotatable bonds is 3. The maximum atomic E-state index is 12.3. The number of amides is 1. The molecule has 5 heteroatoms. The van der Waals surface area contributed by atoms with Gasteiger partial charge in [-0.1, -0.05) is 17.9 Å². The number of carbonyl (C=O) groups excluding carboxylic acids is 1. The number of anilines is 1. The SMILES string of the molecule is COCC#Cc1cccc2c1/C(=C/c1[nH]ccc1OC)C(=O)N2. The second kappa shape index (κ2) is 6.42. The topological polar surface area (TPSA) is 63.4 Å². The molecule has 0 saturated heterocycles. The summed E-state index contributed by atoms with van der Waals surface area (Å²) in [5.41, 5.74) is 3.65. The largest absolute Gasteiger partial charge is 0.495 e. The maximum Gasteiger partial charge on any atom is 0.256 e. The molecular formula is C18H16N2O3. The van der Waals surface area contributed by atoms with Gasteiger partial charge in [0.15, 0.2) is 0 Å². The van der Waals surface area contributed by atoms with Gasteiger partial charge in [-0.2, -0.15) is 0 Å². The highest BCUT2D eigenvalue weighted by Gasteiger charge is 2.26. The van der Waals surface area contributed by atoms with Crippen molar-refractivity contribution in [3.05, 3.63) is 47.3 Å². The van der Waals surface area contributed by atoms with Crippen LogP contribution in [0.5, 0.6) is 5.75 Å². The number of nitrogens with one attached hydrogen (secondary N) is 2. The van der Waals surface area contributed by atoms with Crippen LogP contribution in [0, 0.1) is 11.8 Å².